The number of hydrogen-bond acceptors (Lipinski definition) is 3. The first-order valence-corrected chi connectivity index (χ1v) is 8.80. The first kappa shape index (κ1) is 17.5. The molecule has 0 radical (unpaired) electrons. The summed E-state index contributed by atoms with van der Waals surface area (Å²) in [6.45, 7) is 3.33. The fraction of sp³-hybridized carbons (Fsp3) is 0.188. The van der Waals surface area contributed by atoms with Crippen molar-refractivity contribution >= 4 is 33.2 Å². The molecule has 2 rings (SSSR count). The summed E-state index contributed by atoms with van der Waals surface area (Å²) in [5, 5.41) is 2.98. The molecular formula is C16H17ClN2O3S. The van der Waals surface area contributed by atoms with E-state index in [4.69, 9.17) is 11.6 Å². The molecule has 23 heavy (non-hydrogen) atoms. The van der Waals surface area contributed by atoms with Gasteiger partial charge in [0.2, 0.25) is 15.9 Å². The van der Waals surface area contributed by atoms with Crippen molar-refractivity contribution in [3.8, 4) is 0 Å². The molecule has 5 nitrogen and oxygen atoms in total. The topological polar surface area (TPSA) is 75.3 Å². The third-order valence-electron chi connectivity index (χ3n) is 3.19. The molecule has 2 N–H and O–H groups in total. The minimum Gasteiger partial charge on any atom is -0.323 e. The van der Waals surface area contributed by atoms with E-state index in [1.54, 1.807) is 36.4 Å². The summed E-state index contributed by atoms with van der Waals surface area (Å²) in [6.07, 6.45) is 0. The van der Waals surface area contributed by atoms with Crippen LogP contribution >= 0.6 is 11.6 Å². The van der Waals surface area contributed by atoms with Crippen LogP contribution in [0.15, 0.2) is 53.4 Å². The molecule has 0 bridgehead atoms. The van der Waals surface area contributed by atoms with Crippen LogP contribution in [0.4, 0.5) is 5.69 Å². The second kappa shape index (κ2) is 7.12. The third kappa shape index (κ3) is 4.54. The Balaban J connectivity index is 2.08. The minimum atomic E-state index is -3.77. The van der Waals surface area contributed by atoms with Crippen molar-refractivity contribution < 1.29 is 13.2 Å². The molecule has 2 aromatic carbocycles. The van der Waals surface area contributed by atoms with Gasteiger partial charge in [0.25, 0.3) is 0 Å². The largest absolute Gasteiger partial charge is 0.323 e. The summed E-state index contributed by atoms with van der Waals surface area (Å²) in [7, 11) is -3.77. The number of rotatable bonds is 5. The lowest BCUT2D eigenvalue weighted by molar-refractivity contribution is -0.117. The van der Waals surface area contributed by atoms with Crippen molar-refractivity contribution in [1.82, 2.24) is 4.72 Å². The first-order valence-electron chi connectivity index (χ1n) is 6.94. The number of sulfonamides is 1. The Labute approximate surface area is 140 Å². The summed E-state index contributed by atoms with van der Waals surface area (Å²) < 4.78 is 26.9. The minimum absolute atomic E-state index is 0.112. The van der Waals surface area contributed by atoms with Crippen LogP contribution in [-0.2, 0) is 14.8 Å². The maximum Gasteiger partial charge on any atom is 0.242 e. The molecule has 1 amide bonds. The van der Waals surface area contributed by atoms with Gasteiger partial charge in [-0.3, -0.25) is 4.79 Å². The molecule has 0 spiro atoms. The summed E-state index contributed by atoms with van der Waals surface area (Å²) in [6, 6.07) is 12.2. The summed E-state index contributed by atoms with van der Waals surface area (Å²) in [4.78, 5) is 12.2. The number of aryl methyl sites for hydroxylation is 1. The molecule has 0 aliphatic rings. The van der Waals surface area contributed by atoms with Gasteiger partial charge in [0.1, 0.15) is 0 Å². The first-order chi connectivity index (χ1) is 10.8. The van der Waals surface area contributed by atoms with Crippen LogP contribution in [0, 0.1) is 6.92 Å². The van der Waals surface area contributed by atoms with Gasteiger partial charge in [-0.1, -0.05) is 41.4 Å². The maximum absolute atomic E-state index is 12.3. The monoisotopic (exact) mass is 352 g/mol. The molecule has 0 fully saturated rings. The van der Waals surface area contributed by atoms with Crippen molar-refractivity contribution in [3.05, 3.63) is 59.1 Å². The highest BCUT2D eigenvalue weighted by Crippen LogP contribution is 2.20. The van der Waals surface area contributed by atoms with E-state index >= 15 is 0 Å². The van der Waals surface area contributed by atoms with Crippen molar-refractivity contribution in [2.24, 2.45) is 0 Å². The van der Waals surface area contributed by atoms with Gasteiger partial charge in [0.05, 0.1) is 21.6 Å². The Hall–Kier alpha value is -1.89. The van der Waals surface area contributed by atoms with E-state index in [9.17, 15) is 13.2 Å². The number of amides is 1. The molecule has 0 aromatic heterocycles. The third-order valence-corrected chi connectivity index (χ3v) is 5.07. The quantitative estimate of drug-likeness (QED) is 0.868. The smallest absolute Gasteiger partial charge is 0.242 e. The van der Waals surface area contributed by atoms with E-state index in [2.05, 4.69) is 10.0 Å². The van der Waals surface area contributed by atoms with Gasteiger partial charge in [-0.2, -0.15) is 4.72 Å². The predicted molar refractivity (Wildman–Crippen MR) is 91.0 cm³/mol. The van der Waals surface area contributed by atoms with Crippen LogP contribution in [0.2, 0.25) is 5.02 Å². The number of halogens is 1. The standard InChI is InChI=1S/C16H17ClN2O3S/c1-11-7-9-13(10-8-11)23(21,22)19-12(2)16(20)18-15-6-4-3-5-14(15)17/h3-10,12,19H,1-2H3,(H,18,20)/t12-/m1/s1. The second-order valence-corrected chi connectivity index (χ2v) is 7.25. The summed E-state index contributed by atoms with van der Waals surface area (Å²) in [5.74, 6) is -0.492. The van der Waals surface area contributed by atoms with Crippen LogP contribution in [0.1, 0.15) is 12.5 Å². The van der Waals surface area contributed by atoms with Crippen molar-refractivity contribution in [1.29, 1.82) is 0 Å². The lowest BCUT2D eigenvalue weighted by Gasteiger charge is -2.15. The van der Waals surface area contributed by atoms with E-state index in [0.29, 0.717) is 10.7 Å². The highest BCUT2D eigenvalue weighted by atomic mass is 35.5. The van der Waals surface area contributed by atoms with Gasteiger partial charge in [0.15, 0.2) is 0 Å². The van der Waals surface area contributed by atoms with Crippen LogP contribution in [0.3, 0.4) is 0 Å². The highest BCUT2D eigenvalue weighted by Gasteiger charge is 2.22. The molecule has 2 aromatic rings. The zero-order chi connectivity index (χ0) is 17.0. The fourth-order valence-corrected chi connectivity index (χ4v) is 3.26. The Kier molecular flexibility index (Phi) is 5.41. The average molecular weight is 353 g/mol. The Morgan fingerprint density at radius 1 is 1.09 bits per heavy atom. The van der Waals surface area contributed by atoms with Gasteiger partial charge >= 0.3 is 0 Å². The van der Waals surface area contributed by atoms with Crippen molar-refractivity contribution in [3.63, 3.8) is 0 Å². The number of anilines is 1. The van der Waals surface area contributed by atoms with Crippen LogP contribution in [-0.4, -0.2) is 20.4 Å². The number of hydrogen-bond donors (Lipinski definition) is 2. The molecule has 1 atom stereocenters. The summed E-state index contributed by atoms with van der Waals surface area (Å²) >= 11 is 5.96. The van der Waals surface area contributed by atoms with E-state index in [-0.39, 0.29) is 4.90 Å². The van der Waals surface area contributed by atoms with Gasteiger partial charge in [-0.15, -0.1) is 0 Å². The maximum atomic E-state index is 12.3. The lowest BCUT2D eigenvalue weighted by Crippen LogP contribution is -2.41. The molecule has 0 unspecified atom stereocenters. The van der Waals surface area contributed by atoms with Crippen LogP contribution in [0.5, 0.6) is 0 Å². The zero-order valence-corrected chi connectivity index (χ0v) is 14.3. The Bertz CT molecular complexity index is 804. The molecule has 0 saturated heterocycles. The van der Waals surface area contributed by atoms with Gasteiger partial charge in [0, 0.05) is 0 Å². The predicted octanol–water partition coefficient (Wildman–Crippen LogP) is 2.95. The summed E-state index contributed by atoms with van der Waals surface area (Å²) in [5.41, 5.74) is 1.38. The van der Waals surface area contributed by atoms with E-state index < -0.39 is 22.0 Å². The van der Waals surface area contributed by atoms with Gasteiger partial charge in [-0.05, 0) is 38.1 Å². The average Bonchev–Trinajstić information content (AvgIpc) is 2.49. The van der Waals surface area contributed by atoms with E-state index in [1.807, 2.05) is 6.92 Å². The second-order valence-electron chi connectivity index (χ2n) is 5.13. The SMILES string of the molecule is Cc1ccc(S(=O)(=O)N[C@H](C)C(=O)Nc2ccccc2Cl)cc1. The molecular weight excluding hydrogens is 336 g/mol. The number of carbonyl (C=O) groups is 1. The molecule has 0 aliphatic carbocycles. The number of benzene rings is 2. The van der Waals surface area contributed by atoms with E-state index in [0.717, 1.165) is 5.56 Å². The molecule has 0 aliphatic heterocycles. The normalized spacial score (nSPS) is 12.7. The van der Waals surface area contributed by atoms with Crippen molar-refractivity contribution in [2.45, 2.75) is 24.8 Å². The lowest BCUT2D eigenvalue weighted by atomic mass is 10.2. The van der Waals surface area contributed by atoms with Crippen LogP contribution in [0.25, 0.3) is 0 Å². The molecule has 7 heteroatoms. The molecule has 122 valence electrons. The van der Waals surface area contributed by atoms with Gasteiger partial charge in [-0.25, -0.2) is 8.42 Å². The number of nitrogens with one attached hydrogen (secondary N) is 2. The Morgan fingerprint density at radius 2 is 1.70 bits per heavy atom. The Morgan fingerprint density at radius 3 is 2.30 bits per heavy atom. The van der Waals surface area contributed by atoms with Crippen LogP contribution < -0.4 is 10.0 Å². The molecule has 0 heterocycles. The number of para-hydroxylation sites is 1. The van der Waals surface area contributed by atoms with Crippen molar-refractivity contribution in [2.75, 3.05) is 5.32 Å². The fourth-order valence-electron chi connectivity index (χ4n) is 1.88. The van der Waals surface area contributed by atoms with E-state index in [1.165, 1.54) is 19.1 Å². The highest BCUT2D eigenvalue weighted by molar-refractivity contribution is 7.89. The zero-order valence-electron chi connectivity index (χ0n) is 12.7. The van der Waals surface area contributed by atoms with Gasteiger partial charge < -0.3 is 5.32 Å². The number of carbonyl (C=O) groups excluding carboxylic acids is 1. The molecule has 0 saturated carbocycles.